The van der Waals surface area contributed by atoms with Crippen molar-refractivity contribution < 1.29 is 37.1 Å². The zero-order valence-electron chi connectivity index (χ0n) is 22.0. The molecule has 1 aromatic carbocycles. The van der Waals surface area contributed by atoms with Crippen LogP contribution >= 0.6 is 0 Å². The highest BCUT2D eigenvalue weighted by Crippen LogP contribution is 2.37. The molecule has 5 rings (SSSR count). The van der Waals surface area contributed by atoms with E-state index in [1.165, 1.54) is 13.8 Å². The molecule has 0 bridgehead atoms. The third-order valence-corrected chi connectivity index (χ3v) is 6.31. The van der Waals surface area contributed by atoms with Crippen molar-refractivity contribution >= 4 is 17.5 Å². The second-order valence-corrected chi connectivity index (χ2v) is 9.26. The number of esters is 1. The summed E-state index contributed by atoms with van der Waals surface area (Å²) < 4.78 is 27.7. The van der Waals surface area contributed by atoms with Gasteiger partial charge in [-0.2, -0.15) is 0 Å². The van der Waals surface area contributed by atoms with Crippen LogP contribution in [0.1, 0.15) is 75.2 Å². The van der Waals surface area contributed by atoms with Gasteiger partial charge in [-0.1, -0.05) is 25.1 Å². The molecule has 0 N–H and O–H groups in total. The normalized spacial score (nSPS) is 18.5. The first kappa shape index (κ1) is 26.9. The van der Waals surface area contributed by atoms with Gasteiger partial charge in [0.15, 0.2) is 29.2 Å². The fourth-order valence-electron chi connectivity index (χ4n) is 4.30. The van der Waals surface area contributed by atoms with Crippen LogP contribution < -0.4 is 0 Å². The van der Waals surface area contributed by atoms with E-state index in [1.807, 2.05) is 13.0 Å². The maximum Gasteiger partial charge on any atom is 0.338 e. The minimum absolute atomic E-state index is 0.00376. The van der Waals surface area contributed by atoms with Crippen LogP contribution in [0.2, 0.25) is 0 Å². The topological polar surface area (TPSA) is 109 Å². The molecule has 0 spiro atoms. The molecule has 1 aliphatic heterocycles. The number of ketones is 2. The summed E-state index contributed by atoms with van der Waals surface area (Å²) in [6.07, 6.45) is 0.614. The SMILES string of the molecule is CC(=O)c1cc(-c2ccco2)oc1C.CC(=O)c1cc(C2OCC(C)C2OC(=O)c2ccccc2)oc1C. The number of ether oxygens (including phenoxy) is 2. The number of benzene rings is 1. The van der Waals surface area contributed by atoms with Crippen molar-refractivity contribution in [2.24, 2.45) is 5.92 Å². The fraction of sp³-hybridized carbons (Fsp3) is 0.300. The summed E-state index contributed by atoms with van der Waals surface area (Å²) >= 11 is 0. The van der Waals surface area contributed by atoms with E-state index in [1.54, 1.807) is 68.6 Å². The molecule has 1 saturated heterocycles. The van der Waals surface area contributed by atoms with Crippen molar-refractivity contribution in [2.45, 2.75) is 46.8 Å². The number of furan rings is 3. The van der Waals surface area contributed by atoms with Crippen LogP contribution in [-0.4, -0.2) is 30.2 Å². The Balaban J connectivity index is 0.000000204. The maximum atomic E-state index is 12.3. The molecule has 198 valence electrons. The Morgan fingerprint density at radius 1 is 0.842 bits per heavy atom. The lowest BCUT2D eigenvalue weighted by molar-refractivity contribution is -0.0113. The monoisotopic (exact) mass is 518 g/mol. The smallest absolute Gasteiger partial charge is 0.338 e. The van der Waals surface area contributed by atoms with E-state index < -0.39 is 18.2 Å². The molecule has 0 radical (unpaired) electrons. The highest BCUT2D eigenvalue weighted by molar-refractivity contribution is 5.96. The Bertz CT molecular complexity index is 1410. The van der Waals surface area contributed by atoms with Crippen molar-refractivity contribution in [1.82, 2.24) is 0 Å². The van der Waals surface area contributed by atoms with Gasteiger partial charge >= 0.3 is 5.97 Å². The zero-order chi connectivity index (χ0) is 27.4. The molecule has 3 atom stereocenters. The molecule has 1 fully saturated rings. The highest BCUT2D eigenvalue weighted by Gasteiger charge is 2.41. The number of hydrogen-bond acceptors (Lipinski definition) is 8. The second kappa shape index (κ2) is 11.5. The lowest BCUT2D eigenvalue weighted by Gasteiger charge is -2.20. The molecule has 38 heavy (non-hydrogen) atoms. The molecule has 0 saturated carbocycles. The van der Waals surface area contributed by atoms with Gasteiger partial charge in [0.25, 0.3) is 0 Å². The minimum Gasteiger partial charge on any atom is -0.463 e. The largest absolute Gasteiger partial charge is 0.463 e. The molecule has 0 amide bonds. The Morgan fingerprint density at radius 2 is 1.50 bits per heavy atom. The van der Waals surface area contributed by atoms with Gasteiger partial charge in [-0.3, -0.25) is 9.59 Å². The summed E-state index contributed by atoms with van der Waals surface area (Å²) in [5.41, 5.74) is 1.63. The van der Waals surface area contributed by atoms with Crippen molar-refractivity contribution in [3.05, 3.63) is 94.8 Å². The van der Waals surface area contributed by atoms with Gasteiger partial charge in [0.1, 0.15) is 23.4 Å². The summed E-state index contributed by atoms with van der Waals surface area (Å²) in [5.74, 6) is 2.52. The Morgan fingerprint density at radius 3 is 2.08 bits per heavy atom. The minimum atomic E-state index is -0.500. The molecule has 3 unspecified atom stereocenters. The summed E-state index contributed by atoms with van der Waals surface area (Å²) in [7, 11) is 0. The third-order valence-electron chi connectivity index (χ3n) is 6.31. The van der Waals surface area contributed by atoms with Crippen LogP contribution in [0.3, 0.4) is 0 Å². The molecule has 4 heterocycles. The van der Waals surface area contributed by atoms with Gasteiger partial charge in [0, 0.05) is 5.92 Å². The number of carbonyl (C=O) groups excluding carboxylic acids is 3. The van der Waals surface area contributed by atoms with Crippen LogP contribution in [0.25, 0.3) is 11.5 Å². The van der Waals surface area contributed by atoms with Gasteiger partial charge in [0.05, 0.1) is 29.6 Å². The predicted octanol–water partition coefficient (Wildman–Crippen LogP) is 6.77. The van der Waals surface area contributed by atoms with E-state index in [4.69, 9.17) is 22.7 Å². The molecule has 0 aliphatic carbocycles. The Kier molecular flexibility index (Phi) is 8.12. The van der Waals surface area contributed by atoms with Crippen molar-refractivity contribution in [3.8, 4) is 11.5 Å². The first-order valence-corrected chi connectivity index (χ1v) is 12.3. The van der Waals surface area contributed by atoms with E-state index in [2.05, 4.69) is 0 Å². The average molecular weight is 519 g/mol. The number of hydrogen-bond donors (Lipinski definition) is 0. The Labute approximate surface area is 220 Å². The molecule has 1 aliphatic rings. The molecular formula is C30H30O8. The van der Waals surface area contributed by atoms with Crippen molar-refractivity contribution in [1.29, 1.82) is 0 Å². The lowest BCUT2D eigenvalue weighted by atomic mass is 10.0. The van der Waals surface area contributed by atoms with Crippen LogP contribution in [-0.2, 0) is 9.47 Å². The summed E-state index contributed by atoms with van der Waals surface area (Å²) in [6, 6.07) is 15.8. The summed E-state index contributed by atoms with van der Waals surface area (Å²) in [5, 5.41) is 0. The summed E-state index contributed by atoms with van der Waals surface area (Å²) in [6.45, 7) is 8.94. The number of Topliss-reactive ketones (excluding diaryl/α,β-unsaturated/α-hetero) is 2. The Hall–Kier alpha value is -4.17. The molecule has 3 aromatic heterocycles. The fourth-order valence-corrected chi connectivity index (χ4v) is 4.30. The maximum absolute atomic E-state index is 12.3. The third kappa shape index (κ3) is 5.86. The quantitative estimate of drug-likeness (QED) is 0.203. The number of aryl methyl sites for hydroxylation is 2. The van der Waals surface area contributed by atoms with E-state index in [-0.39, 0.29) is 17.5 Å². The van der Waals surface area contributed by atoms with E-state index in [0.717, 1.165) is 0 Å². The lowest BCUT2D eigenvalue weighted by Crippen LogP contribution is -2.26. The highest BCUT2D eigenvalue weighted by atomic mass is 16.6. The van der Waals surface area contributed by atoms with Gasteiger partial charge in [-0.15, -0.1) is 0 Å². The van der Waals surface area contributed by atoms with Gasteiger partial charge in [-0.05, 0) is 64.1 Å². The van der Waals surface area contributed by atoms with E-state index >= 15 is 0 Å². The van der Waals surface area contributed by atoms with Crippen LogP contribution in [0, 0.1) is 19.8 Å². The predicted molar refractivity (Wildman–Crippen MR) is 138 cm³/mol. The van der Waals surface area contributed by atoms with E-state index in [0.29, 0.717) is 52.1 Å². The van der Waals surface area contributed by atoms with Crippen LogP contribution in [0.5, 0.6) is 0 Å². The summed E-state index contributed by atoms with van der Waals surface area (Å²) in [4.78, 5) is 35.1. The molecular weight excluding hydrogens is 488 g/mol. The first-order chi connectivity index (χ1) is 18.2. The molecule has 8 nitrogen and oxygen atoms in total. The second-order valence-electron chi connectivity index (χ2n) is 9.26. The van der Waals surface area contributed by atoms with Crippen molar-refractivity contribution in [2.75, 3.05) is 6.61 Å². The first-order valence-electron chi connectivity index (χ1n) is 12.3. The number of carbonyl (C=O) groups is 3. The molecule has 8 heteroatoms. The standard InChI is InChI=1S/C19H20O5.C11H10O3/c1-11-10-22-18(16-9-15(12(2)20)13(3)23-16)17(11)24-19(21)14-7-5-4-6-8-14;1-7(12)9-6-11(14-8(9)2)10-4-3-5-13-10/h4-9,11,17-18H,10H2,1-3H3;3-6H,1-2H3. The van der Waals surface area contributed by atoms with Crippen molar-refractivity contribution in [3.63, 3.8) is 0 Å². The zero-order valence-corrected chi connectivity index (χ0v) is 22.0. The average Bonchev–Trinajstić information content (AvgIpc) is 3.68. The van der Waals surface area contributed by atoms with Gasteiger partial charge < -0.3 is 22.7 Å². The molecule has 4 aromatic rings. The van der Waals surface area contributed by atoms with Gasteiger partial charge in [0.2, 0.25) is 0 Å². The van der Waals surface area contributed by atoms with Crippen LogP contribution in [0.15, 0.2) is 74.1 Å². The van der Waals surface area contributed by atoms with Crippen LogP contribution in [0.4, 0.5) is 0 Å². The number of rotatable bonds is 6. The van der Waals surface area contributed by atoms with E-state index in [9.17, 15) is 14.4 Å². The van der Waals surface area contributed by atoms with Gasteiger partial charge in [-0.25, -0.2) is 4.79 Å².